The van der Waals surface area contributed by atoms with Crippen molar-refractivity contribution < 1.29 is 0 Å². The summed E-state index contributed by atoms with van der Waals surface area (Å²) in [7, 11) is 0. The van der Waals surface area contributed by atoms with E-state index in [1.54, 1.807) is 6.20 Å². The van der Waals surface area contributed by atoms with Gasteiger partial charge in [0.1, 0.15) is 0 Å². The number of rotatable bonds is 2. The molecular formula is C12H14N2. The van der Waals surface area contributed by atoms with Gasteiger partial charge in [0.25, 0.3) is 0 Å². The second-order valence-electron chi connectivity index (χ2n) is 3.62. The van der Waals surface area contributed by atoms with Gasteiger partial charge in [-0.1, -0.05) is 19.1 Å². The predicted octanol–water partition coefficient (Wildman–Crippen LogP) is 2.97. The average molecular weight is 186 g/mol. The normalized spacial score (nSPS) is 20.4. The largest absolute Gasteiger partial charge is 0.358 e. The number of nitrogens with one attached hydrogen (secondary N) is 1. The van der Waals surface area contributed by atoms with Crippen LogP contribution in [0.1, 0.15) is 13.3 Å². The van der Waals surface area contributed by atoms with Crippen LogP contribution in [0.25, 0.3) is 0 Å². The Kier molecular flexibility index (Phi) is 2.63. The van der Waals surface area contributed by atoms with Crippen LogP contribution in [0.2, 0.25) is 0 Å². The van der Waals surface area contributed by atoms with Crippen molar-refractivity contribution >= 4 is 5.69 Å². The summed E-state index contributed by atoms with van der Waals surface area (Å²) < 4.78 is 0. The molecule has 0 saturated carbocycles. The van der Waals surface area contributed by atoms with Gasteiger partial charge < -0.3 is 5.32 Å². The van der Waals surface area contributed by atoms with Gasteiger partial charge in [-0.25, -0.2) is 0 Å². The number of anilines is 1. The van der Waals surface area contributed by atoms with Crippen molar-refractivity contribution in [3.63, 3.8) is 0 Å². The van der Waals surface area contributed by atoms with Gasteiger partial charge in [-0.05, 0) is 30.5 Å². The lowest BCUT2D eigenvalue weighted by Gasteiger charge is -2.16. The lowest BCUT2D eigenvalue weighted by molar-refractivity contribution is 0.710. The van der Waals surface area contributed by atoms with E-state index in [2.05, 4.69) is 35.5 Å². The Morgan fingerprint density at radius 2 is 2.43 bits per heavy atom. The molecule has 0 aromatic carbocycles. The van der Waals surface area contributed by atoms with Gasteiger partial charge in [0, 0.05) is 11.9 Å². The maximum atomic E-state index is 4.06. The molecule has 0 bridgehead atoms. The third-order valence-corrected chi connectivity index (χ3v) is 2.25. The molecule has 1 N–H and O–H groups in total. The number of pyridine rings is 1. The molecule has 0 spiro atoms. The van der Waals surface area contributed by atoms with Gasteiger partial charge in [0.05, 0.1) is 11.9 Å². The molecule has 1 unspecified atom stereocenters. The molecule has 1 aromatic rings. The highest BCUT2D eigenvalue weighted by atomic mass is 14.9. The first-order valence-corrected chi connectivity index (χ1v) is 4.89. The van der Waals surface area contributed by atoms with Gasteiger partial charge in [-0.3, -0.25) is 4.98 Å². The molecule has 0 radical (unpaired) electrons. The SMILES string of the molecule is CC1C=CC=C(Nc2cccnc2)C1. The summed E-state index contributed by atoms with van der Waals surface area (Å²) in [5.74, 6) is 0.624. The first-order chi connectivity index (χ1) is 6.84. The molecule has 72 valence electrons. The summed E-state index contributed by atoms with van der Waals surface area (Å²) in [6.45, 7) is 2.22. The highest BCUT2D eigenvalue weighted by Crippen LogP contribution is 2.19. The summed E-state index contributed by atoms with van der Waals surface area (Å²) in [6.07, 6.45) is 11.1. The molecule has 14 heavy (non-hydrogen) atoms. The van der Waals surface area contributed by atoms with Crippen LogP contribution in [0, 0.1) is 5.92 Å². The second-order valence-corrected chi connectivity index (χ2v) is 3.62. The van der Waals surface area contributed by atoms with Crippen molar-refractivity contribution in [2.24, 2.45) is 5.92 Å². The summed E-state index contributed by atoms with van der Waals surface area (Å²) in [5.41, 5.74) is 2.31. The first kappa shape index (κ1) is 9.00. The standard InChI is InChI=1S/C12H14N2/c1-10-4-2-5-11(8-10)14-12-6-3-7-13-9-12/h2-7,9-10,14H,8H2,1H3. The molecule has 0 saturated heterocycles. The summed E-state index contributed by atoms with van der Waals surface area (Å²) in [6, 6.07) is 3.96. The van der Waals surface area contributed by atoms with Crippen LogP contribution in [0.4, 0.5) is 5.69 Å². The first-order valence-electron chi connectivity index (χ1n) is 4.89. The third-order valence-electron chi connectivity index (χ3n) is 2.25. The van der Waals surface area contributed by atoms with E-state index in [0.717, 1.165) is 12.1 Å². The maximum absolute atomic E-state index is 4.06. The van der Waals surface area contributed by atoms with Gasteiger partial charge >= 0.3 is 0 Å². The van der Waals surface area contributed by atoms with Crippen molar-refractivity contribution in [2.45, 2.75) is 13.3 Å². The minimum atomic E-state index is 0.624. The van der Waals surface area contributed by atoms with Gasteiger partial charge in [0.2, 0.25) is 0 Å². The second kappa shape index (κ2) is 4.09. The van der Waals surface area contributed by atoms with E-state index in [1.807, 2.05) is 18.3 Å². The number of hydrogen-bond acceptors (Lipinski definition) is 2. The number of nitrogens with zero attached hydrogens (tertiary/aromatic N) is 1. The minimum absolute atomic E-state index is 0.624. The van der Waals surface area contributed by atoms with Gasteiger partial charge in [-0.2, -0.15) is 0 Å². The molecule has 0 aliphatic heterocycles. The van der Waals surface area contributed by atoms with Crippen LogP contribution < -0.4 is 5.32 Å². The Morgan fingerprint density at radius 3 is 3.14 bits per heavy atom. The maximum Gasteiger partial charge on any atom is 0.0568 e. The summed E-state index contributed by atoms with van der Waals surface area (Å²) >= 11 is 0. The zero-order valence-electron chi connectivity index (χ0n) is 8.27. The van der Waals surface area contributed by atoms with Crippen molar-refractivity contribution in [3.05, 3.63) is 48.5 Å². The van der Waals surface area contributed by atoms with Crippen molar-refractivity contribution in [2.75, 3.05) is 5.32 Å². The van der Waals surface area contributed by atoms with E-state index in [1.165, 1.54) is 5.70 Å². The molecular weight excluding hydrogens is 172 g/mol. The quantitative estimate of drug-likeness (QED) is 0.768. The minimum Gasteiger partial charge on any atom is -0.358 e. The fourth-order valence-electron chi connectivity index (χ4n) is 1.56. The molecule has 2 rings (SSSR count). The molecule has 1 aromatic heterocycles. The van der Waals surface area contributed by atoms with Crippen molar-refractivity contribution in [3.8, 4) is 0 Å². The zero-order chi connectivity index (χ0) is 9.80. The lowest BCUT2D eigenvalue weighted by atomic mass is 10.0. The Morgan fingerprint density at radius 1 is 1.50 bits per heavy atom. The smallest absolute Gasteiger partial charge is 0.0568 e. The van der Waals surface area contributed by atoms with E-state index in [0.29, 0.717) is 5.92 Å². The fraction of sp³-hybridized carbons (Fsp3) is 0.250. The Bertz CT molecular complexity index is 352. The molecule has 1 aliphatic carbocycles. The van der Waals surface area contributed by atoms with Crippen LogP contribution >= 0.6 is 0 Å². The predicted molar refractivity (Wildman–Crippen MR) is 58.9 cm³/mol. The molecule has 2 heteroatoms. The highest BCUT2D eigenvalue weighted by Gasteiger charge is 2.06. The molecule has 1 atom stereocenters. The number of allylic oxidation sites excluding steroid dienone is 4. The number of hydrogen-bond donors (Lipinski definition) is 1. The average Bonchev–Trinajstić information content (AvgIpc) is 2.19. The molecule has 1 aliphatic rings. The van der Waals surface area contributed by atoms with Gasteiger partial charge in [-0.15, -0.1) is 0 Å². The molecule has 0 amide bonds. The summed E-state index contributed by atoms with van der Waals surface area (Å²) in [5, 5.41) is 3.36. The molecule has 1 heterocycles. The lowest BCUT2D eigenvalue weighted by Crippen LogP contribution is -2.06. The molecule has 0 fully saturated rings. The van der Waals surface area contributed by atoms with E-state index < -0.39 is 0 Å². The Labute approximate surface area is 84.4 Å². The van der Waals surface area contributed by atoms with Crippen LogP contribution in [0.3, 0.4) is 0 Å². The van der Waals surface area contributed by atoms with Crippen LogP contribution in [0.15, 0.2) is 48.5 Å². The Balaban J connectivity index is 2.05. The van der Waals surface area contributed by atoms with Crippen LogP contribution in [-0.4, -0.2) is 4.98 Å². The zero-order valence-corrected chi connectivity index (χ0v) is 8.27. The van der Waals surface area contributed by atoms with E-state index in [-0.39, 0.29) is 0 Å². The van der Waals surface area contributed by atoms with Crippen LogP contribution in [-0.2, 0) is 0 Å². The van der Waals surface area contributed by atoms with Crippen LogP contribution in [0.5, 0.6) is 0 Å². The highest BCUT2D eigenvalue weighted by molar-refractivity contribution is 5.47. The third kappa shape index (κ3) is 2.22. The Hall–Kier alpha value is -1.57. The fourth-order valence-corrected chi connectivity index (χ4v) is 1.56. The van der Waals surface area contributed by atoms with E-state index >= 15 is 0 Å². The van der Waals surface area contributed by atoms with E-state index in [4.69, 9.17) is 0 Å². The van der Waals surface area contributed by atoms with Crippen molar-refractivity contribution in [1.29, 1.82) is 0 Å². The summed E-state index contributed by atoms with van der Waals surface area (Å²) in [4.78, 5) is 4.06. The topological polar surface area (TPSA) is 24.9 Å². The van der Waals surface area contributed by atoms with Crippen molar-refractivity contribution in [1.82, 2.24) is 4.98 Å². The monoisotopic (exact) mass is 186 g/mol. The number of aromatic nitrogens is 1. The van der Waals surface area contributed by atoms with E-state index in [9.17, 15) is 0 Å². The molecule has 2 nitrogen and oxygen atoms in total. The van der Waals surface area contributed by atoms with Gasteiger partial charge in [0.15, 0.2) is 0 Å².